The number of nitrogens with two attached hydrogens (primary N) is 1. The summed E-state index contributed by atoms with van der Waals surface area (Å²) in [6, 6.07) is 1.69. The summed E-state index contributed by atoms with van der Waals surface area (Å²) >= 11 is 3.29. The van der Waals surface area contributed by atoms with Crippen LogP contribution in [-0.4, -0.2) is 17.4 Å². The SMILES string of the molecule is CC(C)C(C)CNC(=O)c1cc(Br)cnc1NN. The molecule has 0 aliphatic carbocycles. The molecule has 1 aromatic rings. The molecule has 0 aromatic carbocycles. The maximum atomic E-state index is 12.0. The summed E-state index contributed by atoms with van der Waals surface area (Å²) < 4.78 is 0.739. The molecule has 1 amide bonds. The number of hydrazine groups is 1. The first-order valence-electron chi connectivity index (χ1n) is 5.86. The Morgan fingerprint density at radius 1 is 1.50 bits per heavy atom. The fourth-order valence-electron chi connectivity index (χ4n) is 1.31. The van der Waals surface area contributed by atoms with Gasteiger partial charge >= 0.3 is 0 Å². The van der Waals surface area contributed by atoms with Crippen molar-refractivity contribution in [1.82, 2.24) is 10.3 Å². The van der Waals surface area contributed by atoms with Gasteiger partial charge in [0.15, 0.2) is 5.82 Å². The predicted molar refractivity (Wildman–Crippen MR) is 76.1 cm³/mol. The zero-order valence-electron chi connectivity index (χ0n) is 10.8. The molecule has 0 saturated heterocycles. The van der Waals surface area contributed by atoms with Crippen molar-refractivity contribution in [1.29, 1.82) is 0 Å². The Kier molecular flexibility index (Phi) is 5.55. The minimum absolute atomic E-state index is 0.177. The van der Waals surface area contributed by atoms with E-state index >= 15 is 0 Å². The van der Waals surface area contributed by atoms with E-state index in [1.807, 2.05) is 0 Å². The second-order valence-electron chi connectivity index (χ2n) is 4.63. The molecule has 0 fully saturated rings. The van der Waals surface area contributed by atoms with E-state index in [9.17, 15) is 4.79 Å². The highest BCUT2D eigenvalue weighted by Gasteiger charge is 2.14. The van der Waals surface area contributed by atoms with Crippen LogP contribution >= 0.6 is 15.9 Å². The smallest absolute Gasteiger partial charge is 0.255 e. The molecule has 1 rings (SSSR count). The van der Waals surface area contributed by atoms with Crippen LogP contribution < -0.4 is 16.6 Å². The largest absolute Gasteiger partial charge is 0.352 e. The third-order valence-corrected chi connectivity index (χ3v) is 3.39. The molecule has 0 radical (unpaired) electrons. The van der Waals surface area contributed by atoms with Crippen LogP contribution in [0.25, 0.3) is 0 Å². The normalized spacial score (nSPS) is 12.3. The number of hydrogen-bond acceptors (Lipinski definition) is 4. The number of pyridine rings is 1. The molecule has 6 heteroatoms. The second-order valence-corrected chi connectivity index (χ2v) is 5.54. The van der Waals surface area contributed by atoms with Crippen LogP contribution in [0.4, 0.5) is 5.82 Å². The van der Waals surface area contributed by atoms with Gasteiger partial charge in [0.05, 0.1) is 5.56 Å². The zero-order valence-corrected chi connectivity index (χ0v) is 12.4. The number of rotatable bonds is 5. The van der Waals surface area contributed by atoms with Crippen molar-refractivity contribution < 1.29 is 4.79 Å². The van der Waals surface area contributed by atoms with Crippen LogP contribution in [0, 0.1) is 11.8 Å². The minimum atomic E-state index is -0.177. The number of halogens is 1. The lowest BCUT2D eigenvalue weighted by Gasteiger charge is -2.16. The van der Waals surface area contributed by atoms with Gasteiger partial charge in [-0.15, -0.1) is 0 Å². The Morgan fingerprint density at radius 3 is 2.72 bits per heavy atom. The average molecular weight is 315 g/mol. The van der Waals surface area contributed by atoms with E-state index in [0.717, 1.165) is 4.47 Å². The van der Waals surface area contributed by atoms with Crippen molar-refractivity contribution in [3.63, 3.8) is 0 Å². The van der Waals surface area contributed by atoms with Crippen LogP contribution in [0.1, 0.15) is 31.1 Å². The Balaban J connectivity index is 2.75. The van der Waals surface area contributed by atoms with Crippen molar-refractivity contribution in [2.75, 3.05) is 12.0 Å². The summed E-state index contributed by atoms with van der Waals surface area (Å²) in [6.45, 7) is 6.99. The number of nitrogens with zero attached hydrogens (tertiary/aromatic N) is 1. The molecule has 5 nitrogen and oxygen atoms in total. The van der Waals surface area contributed by atoms with E-state index in [2.05, 4.69) is 52.4 Å². The number of hydrogen-bond donors (Lipinski definition) is 3. The molecule has 18 heavy (non-hydrogen) atoms. The topological polar surface area (TPSA) is 80.0 Å². The van der Waals surface area contributed by atoms with E-state index < -0.39 is 0 Å². The molecule has 100 valence electrons. The Bertz CT molecular complexity index is 423. The van der Waals surface area contributed by atoms with E-state index in [0.29, 0.717) is 29.8 Å². The first-order valence-corrected chi connectivity index (χ1v) is 6.65. The molecule has 0 spiro atoms. The van der Waals surface area contributed by atoms with Crippen molar-refractivity contribution in [2.45, 2.75) is 20.8 Å². The molecule has 0 aliphatic rings. The monoisotopic (exact) mass is 314 g/mol. The Hall–Kier alpha value is -1.14. The molecule has 0 bridgehead atoms. The van der Waals surface area contributed by atoms with Crippen molar-refractivity contribution in [2.24, 2.45) is 17.7 Å². The molecule has 4 N–H and O–H groups in total. The van der Waals surface area contributed by atoms with Gasteiger partial charge in [-0.3, -0.25) is 4.79 Å². The highest BCUT2D eigenvalue weighted by Crippen LogP contribution is 2.17. The van der Waals surface area contributed by atoms with Gasteiger partial charge in [0, 0.05) is 17.2 Å². The number of amides is 1. The zero-order chi connectivity index (χ0) is 13.7. The highest BCUT2D eigenvalue weighted by atomic mass is 79.9. The van der Waals surface area contributed by atoms with Gasteiger partial charge in [-0.05, 0) is 33.8 Å². The molecule has 1 atom stereocenters. The van der Waals surface area contributed by atoms with Crippen LogP contribution in [0.15, 0.2) is 16.7 Å². The van der Waals surface area contributed by atoms with E-state index in [1.54, 1.807) is 12.3 Å². The van der Waals surface area contributed by atoms with E-state index in [-0.39, 0.29) is 5.91 Å². The first kappa shape index (κ1) is 14.9. The van der Waals surface area contributed by atoms with Gasteiger partial charge in [-0.1, -0.05) is 20.8 Å². The molecule has 1 heterocycles. The van der Waals surface area contributed by atoms with Gasteiger partial charge in [-0.25, -0.2) is 10.8 Å². The summed E-state index contributed by atoms with van der Waals surface area (Å²) in [5.74, 6) is 6.47. The minimum Gasteiger partial charge on any atom is -0.352 e. The highest BCUT2D eigenvalue weighted by molar-refractivity contribution is 9.10. The van der Waals surface area contributed by atoms with Crippen LogP contribution in [0.2, 0.25) is 0 Å². The van der Waals surface area contributed by atoms with Crippen molar-refractivity contribution in [3.05, 3.63) is 22.3 Å². The number of carbonyl (C=O) groups excluding carboxylic acids is 1. The molecular weight excluding hydrogens is 296 g/mol. The molecule has 0 saturated carbocycles. The lowest BCUT2D eigenvalue weighted by atomic mass is 9.98. The van der Waals surface area contributed by atoms with Crippen LogP contribution in [0.5, 0.6) is 0 Å². The predicted octanol–water partition coefficient (Wildman–Crippen LogP) is 2.15. The quantitative estimate of drug-likeness (QED) is 0.574. The van der Waals surface area contributed by atoms with Gasteiger partial charge in [0.25, 0.3) is 5.91 Å². The van der Waals surface area contributed by atoms with Gasteiger partial charge in [0.1, 0.15) is 0 Å². The summed E-state index contributed by atoms with van der Waals surface area (Å²) in [6.07, 6.45) is 1.59. The Morgan fingerprint density at radius 2 is 2.17 bits per heavy atom. The summed E-state index contributed by atoms with van der Waals surface area (Å²) in [7, 11) is 0. The van der Waals surface area contributed by atoms with E-state index in [4.69, 9.17) is 5.84 Å². The summed E-state index contributed by atoms with van der Waals surface area (Å²) in [4.78, 5) is 16.1. The van der Waals surface area contributed by atoms with Crippen LogP contribution in [0.3, 0.4) is 0 Å². The van der Waals surface area contributed by atoms with Crippen LogP contribution in [-0.2, 0) is 0 Å². The summed E-state index contributed by atoms with van der Waals surface area (Å²) in [5, 5.41) is 2.89. The average Bonchev–Trinajstić information content (AvgIpc) is 2.35. The third kappa shape index (κ3) is 3.96. The summed E-state index contributed by atoms with van der Waals surface area (Å²) in [5.41, 5.74) is 2.85. The maximum absolute atomic E-state index is 12.0. The third-order valence-electron chi connectivity index (χ3n) is 2.96. The van der Waals surface area contributed by atoms with Gasteiger partial charge in [0.2, 0.25) is 0 Å². The lowest BCUT2D eigenvalue weighted by molar-refractivity contribution is 0.0945. The van der Waals surface area contributed by atoms with Crippen molar-refractivity contribution >= 4 is 27.7 Å². The molecule has 0 aliphatic heterocycles. The number of nitrogens with one attached hydrogen (secondary N) is 2. The van der Waals surface area contributed by atoms with E-state index in [1.165, 1.54) is 0 Å². The number of aromatic nitrogens is 1. The molecule has 1 unspecified atom stereocenters. The van der Waals surface area contributed by atoms with Crippen molar-refractivity contribution in [3.8, 4) is 0 Å². The fraction of sp³-hybridized carbons (Fsp3) is 0.500. The van der Waals surface area contributed by atoms with Gasteiger partial charge < -0.3 is 10.7 Å². The lowest BCUT2D eigenvalue weighted by Crippen LogP contribution is -2.31. The maximum Gasteiger partial charge on any atom is 0.255 e. The second kappa shape index (κ2) is 6.70. The molecular formula is C12H19BrN4O. The number of carbonyl (C=O) groups is 1. The van der Waals surface area contributed by atoms with Gasteiger partial charge in [-0.2, -0.15) is 0 Å². The number of anilines is 1. The standard InChI is InChI=1S/C12H19BrN4O/c1-7(2)8(3)5-16-12(18)10-4-9(13)6-15-11(10)17-14/h4,6-8H,5,14H2,1-3H3,(H,15,17)(H,16,18). The first-order chi connectivity index (χ1) is 8.45. The molecule has 1 aromatic heterocycles. The Labute approximate surface area is 116 Å². The number of nitrogen functional groups attached to an aromatic ring is 1. The fourth-order valence-corrected chi connectivity index (χ4v) is 1.64.